The second-order valence-corrected chi connectivity index (χ2v) is 6.59. The molecule has 2 nitrogen and oxygen atoms in total. The third kappa shape index (κ3) is 2.91. The van der Waals surface area contributed by atoms with Gasteiger partial charge >= 0.3 is 0 Å². The highest BCUT2D eigenvalue weighted by atomic mass is 35.5. The molecule has 1 N–H and O–H groups in total. The number of hydrogen-bond donors (Lipinski definition) is 1. The van der Waals surface area contributed by atoms with Gasteiger partial charge in [0.15, 0.2) is 0 Å². The second-order valence-electron chi connectivity index (χ2n) is 5.76. The van der Waals surface area contributed by atoms with Crippen LogP contribution in [-0.2, 0) is 5.41 Å². The van der Waals surface area contributed by atoms with Gasteiger partial charge in [-0.15, -0.1) is 0 Å². The largest absolute Gasteiger partial charge is 0.342 e. The Balaban J connectivity index is 2.73. The maximum atomic E-state index is 14.1. The summed E-state index contributed by atoms with van der Waals surface area (Å²) in [7, 11) is 0. The van der Waals surface area contributed by atoms with Crippen molar-refractivity contribution in [3.63, 3.8) is 0 Å². The fraction of sp³-hybridized carbons (Fsp3) is 0.333. The van der Waals surface area contributed by atoms with E-state index < -0.39 is 0 Å². The summed E-state index contributed by atoms with van der Waals surface area (Å²) in [5.74, 6) is 0.356. The van der Waals surface area contributed by atoms with Gasteiger partial charge in [0, 0.05) is 21.6 Å². The van der Waals surface area contributed by atoms with Crippen molar-refractivity contribution >= 4 is 23.8 Å². The van der Waals surface area contributed by atoms with Crippen molar-refractivity contribution in [1.82, 2.24) is 9.97 Å². The van der Waals surface area contributed by atoms with Crippen LogP contribution in [0.25, 0.3) is 11.3 Å². The summed E-state index contributed by atoms with van der Waals surface area (Å²) in [6, 6.07) is 4.61. The first-order valence-corrected chi connectivity index (χ1v) is 7.05. The number of nitrogens with zero attached hydrogens (tertiary/aromatic N) is 1. The molecule has 0 bridgehead atoms. The summed E-state index contributed by atoms with van der Waals surface area (Å²) in [5.41, 5.74) is 1.67. The smallest absolute Gasteiger partial charge is 0.134 e. The van der Waals surface area contributed by atoms with E-state index in [0.717, 1.165) is 11.4 Å². The lowest BCUT2D eigenvalue weighted by atomic mass is 9.95. The second kappa shape index (κ2) is 5.26. The number of aromatic nitrogens is 2. The molecule has 0 fully saturated rings. The fourth-order valence-electron chi connectivity index (χ4n) is 1.85. The van der Waals surface area contributed by atoms with Gasteiger partial charge in [0.25, 0.3) is 0 Å². The lowest BCUT2D eigenvalue weighted by Crippen LogP contribution is -2.17. The van der Waals surface area contributed by atoms with Gasteiger partial charge in [0.05, 0.1) is 5.69 Å². The summed E-state index contributed by atoms with van der Waals surface area (Å²) in [4.78, 5) is 7.60. The lowest BCUT2D eigenvalue weighted by Gasteiger charge is -2.20. The number of aromatic amines is 1. The molecule has 0 aliphatic heterocycles. The molecule has 5 heteroatoms. The molecule has 0 amide bonds. The molecule has 1 heterocycles. The Labute approximate surface area is 128 Å². The van der Waals surface area contributed by atoms with Crippen LogP contribution in [-0.4, -0.2) is 9.97 Å². The van der Waals surface area contributed by atoms with Gasteiger partial charge < -0.3 is 4.98 Å². The minimum absolute atomic E-state index is 0.196. The molecule has 20 heavy (non-hydrogen) atoms. The number of rotatable bonds is 1. The van der Waals surface area contributed by atoms with Crippen LogP contribution in [0.15, 0.2) is 18.2 Å². The maximum Gasteiger partial charge on any atom is 0.134 e. The third-order valence-electron chi connectivity index (χ3n) is 3.06. The van der Waals surface area contributed by atoms with Crippen LogP contribution in [0, 0.1) is 17.4 Å². The van der Waals surface area contributed by atoms with E-state index in [9.17, 15) is 4.39 Å². The number of benzene rings is 1. The molecule has 0 spiro atoms. The molecule has 0 aliphatic carbocycles. The molecule has 0 saturated heterocycles. The number of H-pyrrole nitrogens is 1. The van der Waals surface area contributed by atoms with Crippen LogP contribution in [0.3, 0.4) is 0 Å². The van der Waals surface area contributed by atoms with Crippen molar-refractivity contribution < 1.29 is 4.39 Å². The Morgan fingerprint density at radius 2 is 1.95 bits per heavy atom. The Kier molecular flexibility index (Phi) is 3.98. The first-order chi connectivity index (χ1) is 9.20. The molecule has 2 aromatic rings. The Hall–Kier alpha value is -1.26. The molecule has 1 aromatic heterocycles. The monoisotopic (exact) mass is 310 g/mol. The van der Waals surface area contributed by atoms with Gasteiger partial charge in [-0.2, -0.15) is 0 Å². The maximum absolute atomic E-state index is 14.1. The van der Waals surface area contributed by atoms with Crippen LogP contribution in [0.1, 0.15) is 32.2 Å². The minimum atomic E-state index is -0.377. The van der Waals surface area contributed by atoms with E-state index >= 15 is 0 Å². The molecule has 106 valence electrons. The number of hydrogen-bond acceptors (Lipinski definition) is 2. The lowest BCUT2D eigenvalue weighted by molar-refractivity contribution is 0.543. The number of nitrogens with one attached hydrogen (secondary N) is 1. The fourth-order valence-corrected chi connectivity index (χ4v) is 2.20. The molecule has 0 radical (unpaired) electrons. The zero-order chi connectivity index (χ0) is 15.1. The quantitative estimate of drug-likeness (QED) is 0.733. The summed E-state index contributed by atoms with van der Waals surface area (Å²) >= 11 is 11.1. The molecule has 0 atom stereocenters. The molecular weight excluding hydrogens is 295 g/mol. The predicted molar refractivity (Wildman–Crippen MR) is 83.3 cm³/mol. The van der Waals surface area contributed by atoms with E-state index in [1.165, 1.54) is 6.07 Å². The highest BCUT2D eigenvalue weighted by Crippen LogP contribution is 2.29. The van der Waals surface area contributed by atoms with Gasteiger partial charge in [-0.05, 0) is 25.1 Å². The van der Waals surface area contributed by atoms with E-state index in [1.54, 1.807) is 12.1 Å². The highest BCUT2D eigenvalue weighted by Gasteiger charge is 2.19. The normalized spacial score (nSPS) is 11.7. The van der Waals surface area contributed by atoms with Crippen molar-refractivity contribution in [2.45, 2.75) is 33.1 Å². The molecule has 0 unspecified atom stereocenters. The zero-order valence-corrected chi connectivity index (χ0v) is 13.4. The predicted octanol–water partition coefficient (Wildman–Crippen LogP) is 5.20. The topological polar surface area (TPSA) is 28.7 Å². The molecule has 1 aromatic carbocycles. The van der Waals surface area contributed by atoms with Gasteiger partial charge in [0.1, 0.15) is 16.3 Å². The van der Waals surface area contributed by atoms with E-state index in [-0.39, 0.29) is 11.2 Å². The van der Waals surface area contributed by atoms with Crippen LogP contribution < -0.4 is 0 Å². The van der Waals surface area contributed by atoms with Crippen LogP contribution in [0.2, 0.25) is 5.02 Å². The molecular formula is C15H16ClFN2S. The molecule has 0 aliphatic rings. The Morgan fingerprint density at radius 1 is 1.30 bits per heavy atom. The summed E-state index contributed by atoms with van der Waals surface area (Å²) in [6.45, 7) is 7.91. The van der Waals surface area contributed by atoms with E-state index in [4.69, 9.17) is 23.8 Å². The van der Waals surface area contributed by atoms with Gasteiger partial charge in [-0.3, -0.25) is 0 Å². The highest BCUT2D eigenvalue weighted by molar-refractivity contribution is 7.71. The van der Waals surface area contributed by atoms with Crippen LogP contribution in [0.5, 0.6) is 0 Å². The van der Waals surface area contributed by atoms with Crippen molar-refractivity contribution in [2.24, 2.45) is 0 Å². The van der Waals surface area contributed by atoms with Crippen molar-refractivity contribution in [1.29, 1.82) is 0 Å². The van der Waals surface area contributed by atoms with E-state index in [0.29, 0.717) is 20.9 Å². The van der Waals surface area contributed by atoms with E-state index in [1.807, 2.05) is 27.7 Å². The third-order valence-corrected chi connectivity index (χ3v) is 3.70. The van der Waals surface area contributed by atoms with Gasteiger partial charge in [-0.25, -0.2) is 9.37 Å². The summed E-state index contributed by atoms with van der Waals surface area (Å²) in [5, 5.41) is 0.368. The van der Waals surface area contributed by atoms with Crippen LogP contribution >= 0.6 is 23.8 Å². The Morgan fingerprint density at radius 3 is 2.50 bits per heavy atom. The average molecular weight is 311 g/mol. The van der Waals surface area contributed by atoms with Crippen molar-refractivity contribution in [3.8, 4) is 11.3 Å². The first kappa shape index (κ1) is 15.1. The van der Waals surface area contributed by atoms with Crippen LogP contribution in [0.4, 0.5) is 4.39 Å². The zero-order valence-electron chi connectivity index (χ0n) is 11.8. The minimum Gasteiger partial charge on any atom is -0.342 e. The average Bonchev–Trinajstić information content (AvgIpc) is 2.32. The summed E-state index contributed by atoms with van der Waals surface area (Å²) < 4.78 is 14.6. The summed E-state index contributed by atoms with van der Waals surface area (Å²) in [6.07, 6.45) is 0. The van der Waals surface area contributed by atoms with Crippen molar-refractivity contribution in [3.05, 3.63) is 45.1 Å². The van der Waals surface area contributed by atoms with Gasteiger partial charge in [-0.1, -0.05) is 44.6 Å². The van der Waals surface area contributed by atoms with Gasteiger partial charge in [0.2, 0.25) is 0 Å². The first-order valence-electron chi connectivity index (χ1n) is 6.27. The molecule has 0 saturated carbocycles. The SMILES string of the molecule is Cc1c(-c2ccc(Cl)cc2F)[nH]c(C(C)(C)C)nc1=S. The van der Waals surface area contributed by atoms with E-state index in [2.05, 4.69) is 9.97 Å². The standard InChI is InChI=1S/C15H16ClFN2S/c1-8-12(10-6-5-9(16)7-11(10)17)18-14(15(2,3)4)19-13(8)20/h5-7H,1-4H3,(H,18,19,20). The Bertz CT molecular complexity index is 717. The van der Waals surface area contributed by atoms with Crippen molar-refractivity contribution in [2.75, 3.05) is 0 Å². The number of halogens is 2. The molecule has 2 rings (SSSR count).